The number of alkyl halides is 17. The smallest absolute Gasteiger partial charge is 0.460 e. The summed E-state index contributed by atoms with van der Waals surface area (Å²) in [5.74, 6) is -65.2. The first-order valence-electron chi connectivity index (χ1n) is 13.4. The van der Waals surface area contributed by atoms with Crippen molar-refractivity contribution in [2.45, 2.75) is 86.3 Å². The molecule has 0 N–H and O–H groups in total. The highest BCUT2D eigenvalue weighted by Gasteiger charge is 2.95. The Kier molecular flexibility index (Phi) is 11.0. The summed E-state index contributed by atoms with van der Waals surface area (Å²) in [5, 5.41) is 0. The molecule has 2 rings (SSSR count). The van der Waals surface area contributed by atoms with Gasteiger partial charge in [-0.25, -0.2) is 14.5 Å². The number of hydrogen-bond donors (Lipinski definition) is 0. The zero-order valence-corrected chi connectivity index (χ0v) is 24.7. The summed E-state index contributed by atoms with van der Waals surface area (Å²) in [6.07, 6.45) is -14.8. The minimum absolute atomic E-state index is 0.240. The minimum atomic E-state index is -8.82. The maximum absolute atomic E-state index is 14.7. The Morgan fingerprint density at radius 3 is 1.24 bits per heavy atom. The highest BCUT2D eigenvalue weighted by Crippen LogP contribution is 2.64. The second-order valence-corrected chi connectivity index (χ2v) is 10.3. The number of carbonyl (C=O) groups is 4. The zero-order valence-electron chi connectivity index (χ0n) is 24.7. The summed E-state index contributed by atoms with van der Waals surface area (Å²) in [6.45, 7) is 0.615. The maximum atomic E-state index is 14.7. The van der Waals surface area contributed by atoms with E-state index in [1.165, 1.54) is 0 Å². The van der Waals surface area contributed by atoms with Gasteiger partial charge < -0.3 is 9.47 Å². The predicted octanol–water partition coefficient (Wildman–Crippen LogP) is 7.33. The molecule has 1 aromatic rings. The quantitative estimate of drug-likeness (QED) is 0.0805. The number of halogens is 17. The number of benzene rings is 1. The van der Waals surface area contributed by atoms with Crippen LogP contribution in [0.2, 0.25) is 0 Å². The molecule has 0 unspecified atom stereocenters. The number of esters is 2. The number of carbonyl (C=O) groups excluding carboxylic acids is 4. The molecule has 0 fully saturated rings. The van der Waals surface area contributed by atoms with Crippen molar-refractivity contribution in [2.75, 3.05) is 13.2 Å². The molecule has 24 heteroatoms. The van der Waals surface area contributed by atoms with E-state index in [4.69, 9.17) is 0 Å². The summed E-state index contributed by atoms with van der Waals surface area (Å²) in [5.41, 5.74) is -4.68. The maximum Gasteiger partial charge on any atom is 0.460 e. The fraction of sp³-hybridized carbons (Fsp3) is 0.615. The van der Waals surface area contributed by atoms with E-state index in [1.54, 1.807) is 0 Å². The van der Waals surface area contributed by atoms with E-state index >= 15 is 0 Å². The van der Waals surface area contributed by atoms with E-state index in [0.29, 0.717) is 0 Å². The molecule has 0 aromatic heterocycles. The van der Waals surface area contributed by atoms with Gasteiger partial charge in [0.05, 0.1) is 24.3 Å². The second-order valence-electron chi connectivity index (χ2n) is 10.3. The van der Waals surface area contributed by atoms with Gasteiger partial charge in [0.15, 0.2) is 0 Å². The van der Waals surface area contributed by atoms with Crippen LogP contribution in [0.15, 0.2) is 24.3 Å². The standard InChI is InChI=1S/C26H20F17NO6/c1-3-49-16(47)18(17(48)50-4-2,44-14(45)12-8-5-6-9-13(12)15(44)46)10-7-11-19(27,28)20(29,30)21(31,32)22(33,34)23(35,36)24(37,38)25(39,40)26(41,42)43/h5-6,8-9H,3-4,7,10-11H2,1-2H3. The molecule has 0 radical (unpaired) electrons. The second kappa shape index (κ2) is 13.0. The third-order valence-electron chi connectivity index (χ3n) is 7.22. The summed E-state index contributed by atoms with van der Waals surface area (Å²) in [7, 11) is 0. The molecule has 0 saturated heterocycles. The van der Waals surface area contributed by atoms with Crippen LogP contribution in [0, 0.1) is 0 Å². The molecule has 284 valence electrons. The Hall–Kier alpha value is -3.89. The predicted molar refractivity (Wildman–Crippen MR) is 127 cm³/mol. The van der Waals surface area contributed by atoms with Crippen LogP contribution in [0.3, 0.4) is 0 Å². The van der Waals surface area contributed by atoms with Crippen LogP contribution >= 0.6 is 0 Å². The number of amides is 2. The average molecular weight is 765 g/mol. The number of ether oxygens (including phenoxy) is 2. The Bertz CT molecular complexity index is 1440. The highest BCUT2D eigenvalue weighted by molar-refractivity contribution is 6.26. The van der Waals surface area contributed by atoms with Gasteiger partial charge in [-0.05, 0) is 38.8 Å². The molecule has 1 aliphatic heterocycles. The molecule has 0 spiro atoms. The molecule has 2 amide bonds. The number of hydrogen-bond acceptors (Lipinski definition) is 6. The zero-order chi connectivity index (χ0) is 39.3. The largest absolute Gasteiger partial charge is 0.464 e. The first-order valence-corrected chi connectivity index (χ1v) is 13.4. The van der Waals surface area contributed by atoms with Gasteiger partial charge in [0, 0.05) is 6.42 Å². The molecular weight excluding hydrogens is 745 g/mol. The molecule has 1 aromatic carbocycles. The van der Waals surface area contributed by atoms with Crippen molar-refractivity contribution in [3.05, 3.63) is 35.4 Å². The van der Waals surface area contributed by atoms with Crippen LogP contribution in [0.5, 0.6) is 0 Å². The molecule has 0 saturated carbocycles. The average Bonchev–Trinajstić information content (AvgIpc) is 3.24. The minimum Gasteiger partial charge on any atom is -0.464 e. The molecule has 0 atom stereocenters. The molecule has 7 nitrogen and oxygen atoms in total. The Balaban J connectivity index is 2.62. The topological polar surface area (TPSA) is 90.0 Å². The van der Waals surface area contributed by atoms with Gasteiger partial charge in [-0.2, -0.15) is 74.6 Å². The van der Waals surface area contributed by atoms with E-state index < -0.39 is 121 Å². The van der Waals surface area contributed by atoms with Crippen LogP contribution in [-0.2, 0) is 19.1 Å². The fourth-order valence-corrected chi connectivity index (χ4v) is 4.54. The number of rotatable bonds is 15. The van der Waals surface area contributed by atoms with E-state index in [-0.39, 0.29) is 4.90 Å². The molecule has 1 aliphatic rings. The van der Waals surface area contributed by atoms with Gasteiger partial charge in [0.2, 0.25) is 5.54 Å². The monoisotopic (exact) mass is 765 g/mol. The van der Waals surface area contributed by atoms with E-state index in [1.807, 2.05) is 0 Å². The highest BCUT2D eigenvalue weighted by atomic mass is 19.4. The van der Waals surface area contributed by atoms with Gasteiger partial charge in [0.25, 0.3) is 11.8 Å². The Labute approximate surface area is 267 Å². The van der Waals surface area contributed by atoms with Crippen LogP contribution in [0.1, 0.15) is 53.8 Å². The number of fused-ring (bicyclic) bond motifs is 1. The lowest BCUT2D eigenvalue weighted by atomic mass is 9.85. The molecule has 0 aliphatic carbocycles. The van der Waals surface area contributed by atoms with Crippen LogP contribution in [0.25, 0.3) is 0 Å². The molecule has 0 bridgehead atoms. The number of nitrogens with zero attached hydrogens (tertiary/aromatic N) is 1. The first-order chi connectivity index (χ1) is 22.3. The third-order valence-corrected chi connectivity index (χ3v) is 7.22. The van der Waals surface area contributed by atoms with Crippen molar-refractivity contribution in [1.29, 1.82) is 0 Å². The normalized spacial score (nSPS) is 15.7. The van der Waals surface area contributed by atoms with Crippen molar-refractivity contribution >= 4 is 23.8 Å². The summed E-state index contributed by atoms with van der Waals surface area (Å²) < 4.78 is 241. The van der Waals surface area contributed by atoms with Crippen LogP contribution in [-0.4, -0.2) is 95.0 Å². The van der Waals surface area contributed by atoms with Gasteiger partial charge in [-0.3, -0.25) is 9.59 Å². The van der Waals surface area contributed by atoms with Gasteiger partial charge in [-0.15, -0.1) is 0 Å². The lowest BCUT2D eigenvalue weighted by Gasteiger charge is -2.43. The van der Waals surface area contributed by atoms with Crippen molar-refractivity contribution in [3.8, 4) is 0 Å². The number of imide groups is 1. The fourth-order valence-electron chi connectivity index (χ4n) is 4.54. The molecule has 50 heavy (non-hydrogen) atoms. The third kappa shape index (κ3) is 5.88. The van der Waals surface area contributed by atoms with Gasteiger partial charge in [0.1, 0.15) is 0 Å². The van der Waals surface area contributed by atoms with Gasteiger partial charge >= 0.3 is 59.6 Å². The van der Waals surface area contributed by atoms with Crippen molar-refractivity contribution < 1.29 is 103 Å². The molecular formula is C26H20F17NO6. The van der Waals surface area contributed by atoms with E-state index in [9.17, 15) is 93.8 Å². The summed E-state index contributed by atoms with van der Waals surface area (Å²) >= 11 is 0. The van der Waals surface area contributed by atoms with Crippen LogP contribution < -0.4 is 0 Å². The first kappa shape index (κ1) is 42.3. The van der Waals surface area contributed by atoms with Crippen LogP contribution in [0.4, 0.5) is 74.6 Å². The SMILES string of the molecule is CCOC(=O)C(CCCC(F)(F)C(F)(F)C(F)(F)C(F)(F)C(F)(F)C(F)(F)C(F)(F)C(F)(F)F)(C(=O)OCC)N1C(=O)c2ccccc2C1=O. The molecule has 1 heterocycles. The van der Waals surface area contributed by atoms with Crippen molar-refractivity contribution in [1.82, 2.24) is 4.90 Å². The Morgan fingerprint density at radius 2 is 0.900 bits per heavy atom. The van der Waals surface area contributed by atoms with E-state index in [2.05, 4.69) is 9.47 Å². The summed E-state index contributed by atoms with van der Waals surface area (Å²) in [6, 6.07) is 4.17. The van der Waals surface area contributed by atoms with E-state index in [0.717, 1.165) is 38.1 Å². The Morgan fingerprint density at radius 1 is 0.560 bits per heavy atom. The summed E-state index contributed by atoms with van der Waals surface area (Å²) in [4.78, 5) is 52.2. The lowest BCUT2D eigenvalue weighted by Crippen LogP contribution is -2.74. The lowest BCUT2D eigenvalue weighted by molar-refractivity contribution is -0.461. The van der Waals surface area contributed by atoms with Crippen molar-refractivity contribution in [2.24, 2.45) is 0 Å². The van der Waals surface area contributed by atoms with Gasteiger partial charge in [-0.1, -0.05) is 12.1 Å². The van der Waals surface area contributed by atoms with Crippen molar-refractivity contribution in [3.63, 3.8) is 0 Å².